The van der Waals surface area contributed by atoms with Gasteiger partial charge in [-0.15, -0.1) is 12.4 Å². The Balaban J connectivity index is 0.00000400. The molecule has 1 rings (SSSR count). The molecule has 6 nitrogen and oxygen atoms in total. The van der Waals surface area contributed by atoms with Crippen molar-refractivity contribution in [2.24, 2.45) is 11.7 Å². The molecule has 0 spiro atoms. The third kappa shape index (κ3) is 7.43. The molecule has 0 fully saturated rings. The van der Waals surface area contributed by atoms with Crippen molar-refractivity contribution in [3.63, 3.8) is 0 Å². The van der Waals surface area contributed by atoms with Crippen LogP contribution in [0.15, 0.2) is 4.52 Å². The molecule has 0 aliphatic heterocycles. The Morgan fingerprint density at radius 1 is 1.33 bits per heavy atom. The average Bonchev–Trinajstić information content (AvgIpc) is 2.84. The first-order valence-corrected chi connectivity index (χ1v) is 7.24. The molecule has 7 heteroatoms. The van der Waals surface area contributed by atoms with Gasteiger partial charge in [-0.2, -0.15) is 4.98 Å². The summed E-state index contributed by atoms with van der Waals surface area (Å²) >= 11 is 0. The molecular weight excluding hydrogens is 292 g/mol. The van der Waals surface area contributed by atoms with Crippen molar-refractivity contribution in [3.8, 4) is 0 Å². The molecule has 1 aromatic heterocycles. The van der Waals surface area contributed by atoms with Crippen molar-refractivity contribution in [1.82, 2.24) is 15.5 Å². The van der Waals surface area contributed by atoms with Crippen molar-refractivity contribution in [3.05, 3.63) is 11.7 Å². The SMILES string of the molecule is CC(C)CC(CN)NC(=O)CCc1nc(C(C)C)no1.Cl. The molecule has 0 aromatic carbocycles. The lowest BCUT2D eigenvalue weighted by atomic mass is 10.0. The van der Waals surface area contributed by atoms with Gasteiger partial charge in [0.25, 0.3) is 0 Å². The minimum atomic E-state index is -0.0228. The molecule has 1 aromatic rings. The van der Waals surface area contributed by atoms with E-state index in [2.05, 4.69) is 29.3 Å². The number of hydrogen-bond acceptors (Lipinski definition) is 5. The number of hydrogen-bond donors (Lipinski definition) is 2. The molecule has 21 heavy (non-hydrogen) atoms. The van der Waals surface area contributed by atoms with Crippen molar-refractivity contribution < 1.29 is 9.32 Å². The summed E-state index contributed by atoms with van der Waals surface area (Å²) in [6, 6.07) is 0.0383. The fourth-order valence-corrected chi connectivity index (χ4v) is 1.91. The van der Waals surface area contributed by atoms with Crippen LogP contribution in [-0.2, 0) is 11.2 Å². The monoisotopic (exact) mass is 318 g/mol. The van der Waals surface area contributed by atoms with Gasteiger partial charge in [-0.3, -0.25) is 4.79 Å². The van der Waals surface area contributed by atoms with Gasteiger partial charge < -0.3 is 15.6 Å². The highest BCUT2D eigenvalue weighted by Crippen LogP contribution is 2.10. The van der Waals surface area contributed by atoms with Crippen molar-refractivity contribution in [1.29, 1.82) is 0 Å². The van der Waals surface area contributed by atoms with Crippen molar-refractivity contribution in [2.75, 3.05) is 6.54 Å². The van der Waals surface area contributed by atoms with Gasteiger partial charge in [-0.25, -0.2) is 0 Å². The highest BCUT2D eigenvalue weighted by molar-refractivity contribution is 5.85. The molecule has 0 aliphatic rings. The minimum absolute atomic E-state index is 0. The standard InChI is InChI=1S/C14H26N4O2.ClH/c1-9(2)7-11(8-15)16-12(19)5-6-13-17-14(10(3)4)18-20-13;/h9-11H,5-8,15H2,1-4H3,(H,16,19);1H. The van der Waals surface area contributed by atoms with Crippen LogP contribution in [-0.4, -0.2) is 28.6 Å². The zero-order valence-electron chi connectivity index (χ0n) is 13.3. The van der Waals surface area contributed by atoms with Gasteiger partial charge in [0.2, 0.25) is 11.8 Å². The van der Waals surface area contributed by atoms with Gasteiger partial charge in [0, 0.05) is 31.3 Å². The molecule has 0 radical (unpaired) electrons. The summed E-state index contributed by atoms with van der Waals surface area (Å²) in [7, 11) is 0. The number of aromatic nitrogens is 2. The normalized spacial score (nSPS) is 12.3. The second kappa shape index (κ2) is 9.73. The summed E-state index contributed by atoms with van der Waals surface area (Å²) in [5, 5.41) is 6.82. The molecule has 0 saturated heterocycles. The number of amides is 1. The summed E-state index contributed by atoms with van der Waals surface area (Å²) in [6.07, 6.45) is 1.69. The Morgan fingerprint density at radius 2 is 2.00 bits per heavy atom. The van der Waals surface area contributed by atoms with Gasteiger partial charge in [-0.1, -0.05) is 32.9 Å². The fourth-order valence-electron chi connectivity index (χ4n) is 1.91. The van der Waals surface area contributed by atoms with Crippen molar-refractivity contribution >= 4 is 18.3 Å². The Kier molecular flexibility index (Phi) is 9.21. The lowest BCUT2D eigenvalue weighted by Gasteiger charge is -2.18. The van der Waals surface area contributed by atoms with E-state index in [1.807, 2.05) is 13.8 Å². The van der Waals surface area contributed by atoms with E-state index >= 15 is 0 Å². The van der Waals surface area contributed by atoms with Crippen molar-refractivity contribution in [2.45, 2.75) is 58.9 Å². The smallest absolute Gasteiger partial charge is 0.227 e. The van der Waals surface area contributed by atoms with E-state index in [1.165, 1.54) is 0 Å². The van der Waals surface area contributed by atoms with Crippen LogP contribution in [0.1, 0.15) is 58.2 Å². The predicted octanol–water partition coefficient (Wildman–Crippen LogP) is 2.04. The van der Waals surface area contributed by atoms with Crippen LogP contribution in [0.4, 0.5) is 0 Å². The molecule has 3 N–H and O–H groups in total. The first-order valence-electron chi connectivity index (χ1n) is 7.24. The number of nitrogens with two attached hydrogens (primary N) is 1. The molecule has 0 aliphatic carbocycles. The van der Waals surface area contributed by atoms with E-state index in [9.17, 15) is 4.79 Å². The summed E-state index contributed by atoms with van der Waals surface area (Å²) in [5.74, 6) is 1.91. The van der Waals surface area contributed by atoms with Crippen LogP contribution in [0, 0.1) is 5.92 Å². The van der Waals surface area contributed by atoms with Crippen LogP contribution >= 0.6 is 12.4 Å². The largest absolute Gasteiger partial charge is 0.352 e. The van der Waals surface area contributed by atoms with Crippen LogP contribution in [0.2, 0.25) is 0 Å². The Morgan fingerprint density at radius 3 is 2.48 bits per heavy atom. The highest BCUT2D eigenvalue weighted by atomic mass is 35.5. The van der Waals surface area contributed by atoms with E-state index in [4.69, 9.17) is 10.3 Å². The summed E-state index contributed by atoms with van der Waals surface area (Å²) in [5.41, 5.74) is 5.66. The second-order valence-electron chi connectivity index (χ2n) is 5.83. The summed E-state index contributed by atoms with van der Waals surface area (Å²) < 4.78 is 5.11. The topological polar surface area (TPSA) is 94.0 Å². The van der Waals surface area contributed by atoms with E-state index in [0.717, 1.165) is 6.42 Å². The third-order valence-electron chi connectivity index (χ3n) is 2.97. The van der Waals surface area contributed by atoms with E-state index < -0.39 is 0 Å². The molecule has 122 valence electrons. The van der Waals surface area contributed by atoms with Gasteiger partial charge in [0.05, 0.1) is 0 Å². The van der Waals surface area contributed by atoms with Crippen LogP contribution in [0.3, 0.4) is 0 Å². The van der Waals surface area contributed by atoms with E-state index in [-0.39, 0.29) is 30.3 Å². The Labute approximate surface area is 132 Å². The number of carbonyl (C=O) groups is 1. The number of nitrogens with one attached hydrogen (secondary N) is 1. The third-order valence-corrected chi connectivity index (χ3v) is 2.97. The average molecular weight is 319 g/mol. The lowest BCUT2D eigenvalue weighted by molar-refractivity contribution is -0.121. The van der Waals surface area contributed by atoms with Crippen LogP contribution in [0.5, 0.6) is 0 Å². The molecule has 0 saturated carbocycles. The number of aryl methyl sites for hydroxylation is 1. The van der Waals surface area contributed by atoms with Crippen LogP contribution in [0.25, 0.3) is 0 Å². The first-order chi connectivity index (χ1) is 9.42. The van der Waals surface area contributed by atoms with E-state index in [0.29, 0.717) is 37.0 Å². The summed E-state index contributed by atoms with van der Waals surface area (Å²) in [4.78, 5) is 16.1. The van der Waals surface area contributed by atoms with E-state index in [1.54, 1.807) is 0 Å². The Bertz CT molecular complexity index is 421. The first kappa shape index (κ1) is 19.9. The number of nitrogens with zero attached hydrogens (tertiary/aromatic N) is 2. The fraction of sp³-hybridized carbons (Fsp3) is 0.786. The zero-order valence-corrected chi connectivity index (χ0v) is 14.1. The van der Waals surface area contributed by atoms with Gasteiger partial charge in [0.1, 0.15) is 0 Å². The molecule has 1 amide bonds. The molecule has 1 unspecified atom stereocenters. The van der Waals surface area contributed by atoms with Crippen LogP contribution < -0.4 is 11.1 Å². The quantitative estimate of drug-likeness (QED) is 0.765. The minimum Gasteiger partial charge on any atom is -0.352 e. The number of carbonyl (C=O) groups excluding carboxylic acids is 1. The molecule has 0 bridgehead atoms. The maximum Gasteiger partial charge on any atom is 0.227 e. The van der Waals surface area contributed by atoms with Gasteiger partial charge in [0.15, 0.2) is 5.82 Å². The molecule has 1 atom stereocenters. The zero-order chi connectivity index (χ0) is 15.1. The highest BCUT2D eigenvalue weighted by Gasteiger charge is 2.14. The van der Waals surface area contributed by atoms with Gasteiger partial charge >= 0.3 is 0 Å². The van der Waals surface area contributed by atoms with Gasteiger partial charge in [-0.05, 0) is 12.3 Å². The molecule has 1 heterocycles. The maximum atomic E-state index is 11.9. The number of rotatable bonds is 8. The number of halogens is 1. The summed E-state index contributed by atoms with van der Waals surface area (Å²) in [6.45, 7) is 8.68. The predicted molar refractivity (Wildman–Crippen MR) is 84.4 cm³/mol. The molecular formula is C14H27ClN4O2. The second-order valence-corrected chi connectivity index (χ2v) is 5.83. The lowest BCUT2D eigenvalue weighted by Crippen LogP contribution is -2.41. The Hall–Kier alpha value is -1.14. The maximum absolute atomic E-state index is 11.9.